The molecule has 0 aromatic carbocycles. The Bertz CT molecular complexity index is 1050. The van der Waals surface area contributed by atoms with Crippen molar-refractivity contribution in [3.63, 3.8) is 0 Å². The predicted molar refractivity (Wildman–Crippen MR) is 104 cm³/mol. The summed E-state index contributed by atoms with van der Waals surface area (Å²) in [7, 11) is 0. The molecule has 5 heteroatoms. The number of hydrogen-bond acceptors (Lipinski definition) is 4. The number of aromatic nitrogens is 5. The van der Waals surface area contributed by atoms with Crippen LogP contribution in [0.3, 0.4) is 0 Å². The number of rotatable bonds is 3. The average Bonchev–Trinajstić information content (AvgIpc) is 3.18. The Kier molecular flexibility index (Phi) is 3.64. The summed E-state index contributed by atoms with van der Waals surface area (Å²) >= 11 is 0. The number of allylic oxidation sites excluding steroid dienone is 1. The second-order valence-corrected chi connectivity index (χ2v) is 6.67. The number of hydrogen-bond donors (Lipinski definition) is 1. The van der Waals surface area contributed by atoms with Gasteiger partial charge in [0.05, 0.1) is 0 Å². The smallest absolute Gasteiger partial charge is 0.101 e. The molecule has 1 N–H and O–H groups in total. The molecule has 0 saturated carbocycles. The molecule has 0 fully saturated rings. The lowest BCUT2D eigenvalue weighted by molar-refractivity contribution is 0.615. The third kappa shape index (κ3) is 2.56. The molecule has 1 aliphatic rings. The maximum absolute atomic E-state index is 4.57. The first-order valence-electron chi connectivity index (χ1n) is 8.85. The van der Waals surface area contributed by atoms with Gasteiger partial charge in [-0.15, -0.1) is 0 Å². The summed E-state index contributed by atoms with van der Waals surface area (Å²) in [5, 5.41) is 7.82. The Balaban J connectivity index is 1.66. The van der Waals surface area contributed by atoms with E-state index in [1.807, 2.05) is 42.9 Å². The van der Waals surface area contributed by atoms with Gasteiger partial charge in [-0.05, 0) is 35.4 Å². The Hall–Kier alpha value is -3.60. The maximum atomic E-state index is 4.57. The molecule has 1 aliphatic carbocycles. The average molecular weight is 351 g/mol. The van der Waals surface area contributed by atoms with Gasteiger partial charge in [0, 0.05) is 65.8 Å². The molecule has 0 amide bonds. The monoisotopic (exact) mass is 351 g/mol. The standard InChI is InChI=1S/C22H17N5/c1-4-16(13-23-9-1)21-19-7-8-22(12-20(19)26-27-21,17-5-2-10-24-14-17)18-6-3-11-25-15-18/h1-11,13-15H,12H2,(H,26,27). The van der Waals surface area contributed by atoms with Crippen molar-refractivity contribution in [2.24, 2.45) is 0 Å². The number of fused-ring (bicyclic) bond motifs is 1. The summed E-state index contributed by atoms with van der Waals surface area (Å²) in [6, 6.07) is 12.1. The normalized spacial score (nSPS) is 14.7. The second-order valence-electron chi connectivity index (χ2n) is 6.67. The minimum absolute atomic E-state index is 0.325. The van der Waals surface area contributed by atoms with E-state index in [-0.39, 0.29) is 5.41 Å². The third-order valence-electron chi connectivity index (χ3n) is 5.16. The number of nitrogens with one attached hydrogen (secondary N) is 1. The molecular weight excluding hydrogens is 334 g/mol. The van der Waals surface area contributed by atoms with Crippen LogP contribution < -0.4 is 0 Å². The molecule has 0 bridgehead atoms. The lowest BCUT2D eigenvalue weighted by atomic mass is 9.69. The predicted octanol–water partition coefficient (Wildman–Crippen LogP) is 3.82. The molecule has 0 spiro atoms. The van der Waals surface area contributed by atoms with Gasteiger partial charge in [0.25, 0.3) is 0 Å². The lowest BCUT2D eigenvalue weighted by Crippen LogP contribution is -2.30. The van der Waals surface area contributed by atoms with Crippen molar-refractivity contribution < 1.29 is 0 Å². The number of nitrogens with zero attached hydrogens (tertiary/aromatic N) is 4. The van der Waals surface area contributed by atoms with E-state index in [1.165, 1.54) is 0 Å². The third-order valence-corrected chi connectivity index (χ3v) is 5.16. The number of pyridine rings is 3. The number of H-pyrrole nitrogens is 1. The summed E-state index contributed by atoms with van der Waals surface area (Å²) in [5.74, 6) is 0. The fourth-order valence-electron chi connectivity index (χ4n) is 3.80. The van der Waals surface area contributed by atoms with E-state index in [1.54, 1.807) is 18.6 Å². The highest BCUT2D eigenvalue weighted by Crippen LogP contribution is 2.42. The van der Waals surface area contributed by atoms with Gasteiger partial charge in [0.1, 0.15) is 5.69 Å². The molecule has 0 saturated heterocycles. The van der Waals surface area contributed by atoms with Crippen molar-refractivity contribution in [1.29, 1.82) is 0 Å². The van der Waals surface area contributed by atoms with Gasteiger partial charge in [-0.25, -0.2) is 0 Å². The van der Waals surface area contributed by atoms with E-state index in [9.17, 15) is 0 Å². The molecule has 4 heterocycles. The number of aromatic amines is 1. The van der Waals surface area contributed by atoms with Crippen LogP contribution in [0.4, 0.5) is 0 Å². The van der Waals surface area contributed by atoms with Crippen LogP contribution in [0.5, 0.6) is 0 Å². The molecular formula is C22H17N5. The van der Waals surface area contributed by atoms with Crippen LogP contribution in [0.15, 0.2) is 79.7 Å². The largest absolute Gasteiger partial charge is 0.281 e. The van der Waals surface area contributed by atoms with Gasteiger partial charge >= 0.3 is 0 Å². The van der Waals surface area contributed by atoms with Crippen LogP contribution >= 0.6 is 0 Å². The molecule has 130 valence electrons. The van der Waals surface area contributed by atoms with Crippen molar-refractivity contribution in [1.82, 2.24) is 25.1 Å². The van der Waals surface area contributed by atoms with E-state index in [2.05, 4.69) is 49.4 Å². The summed E-state index contributed by atoms with van der Waals surface area (Å²) in [5.41, 5.74) is 6.11. The van der Waals surface area contributed by atoms with E-state index < -0.39 is 0 Å². The van der Waals surface area contributed by atoms with Gasteiger partial charge in [0.15, 0.2) is 0 Å². The van der Waals surface area contributed by atoms with E-state index in [0.717, 1.165) is 40.1 Å². The van der Waals surface area contributed by atoms with E-state index >= 15 is 0 Å². The molecule has 0 atom stereocenters. The SMILES string of the molecule is C1=CC(c2cccnc2)(c2cccnc2)Cc2[nH]nc(-c3cccnc3)c21. The highest BCUT2D eigenvalue weighted by molar-refractivity contribution is 5.76. The summed E-state index contributed by atoms with van der Waals surface area (Å²) in [4.78, 5) is 12.9. The minimum Gasteiger partial charge on any atom is -0.281 e. The zero-order valence-electron chi connectivity index (χ0n) is 14.6. The zero-order chi connectivity index (χ0) is 18.1. The molecule has 4 aromatic heterocycles. The van der Waals surface area contributed by atoms with Crippen LogP contribution in [-0.2, 0) is 11.8 Å². The second kappa shape index (κ2) is 6.29. The zero-order valence-corrected chi connectivity index (χ0v) is 14.6. The Labute approximate surface area is 156 Å². The lowest BCUT2D eigenvalue weighted by Gasteiger charge is -2.33. The maximum Gasteiger partial charge on any atom is 0.101 e. The molecule has 5 nitrogen and oxygen atoms in total. The summed E-state index contributed by atoms with van der Waals surface area (Å²) in [6.07, 6.45) is 16.3. The molecule has 0 aliphatic heterocycles. The first-order chi connectivity index (χ1) is 13.4. The molecule has 4 aromatic rings. The van der Waals surface area contributed by atoms with Gasteiger partial charge in [-0.2, -0.15) is 5.10 Å². The van der Waals surface area contributed by atoms with Crippen molar-refractivity contribution in [3.8, 4) is 11.3 Å². The topological polar surface area (TPSA) is 67.3 Å². The minimum atomic E-state index is -0.325. The Morgan fingerprint density at radius 2 is 1.48 bits per heavy atom. The van der Waals surface area contributed by atoms with Gasteiger partial charge < -0.3 is 0 Å². The Morgan fingerprint density at radius 3 is 2.07 bits per heavy atom. The first kappa shape index (κ1) is 15.6. The van der Waals surface area contributed by atoms with Crippen molar-refractivity contribution in [2.45, 2.75) is 11.8 Å². The highest BCUT2D eigenvalue weighted by Gasteiger charge is 2.37. The molecule has 0 radical (unpaired) electrons. The van der Waals surface area contributed by atoms with E-state index in [4.69, 9.17) is 0 Å². The van der Waals surface area contributed by atoms with Crippen LogP contribution in [0, 0.1) is 0 Å². The van der Waals surface area contributed by atoms with Crippen LogP contribution in [-0.4, -0.2) is 25.1 Å². The van der Waals surface area contributed by atoms with Crippen LogP contribution in [0.1, 0.15) is 22.4 Å². The quantitative estimate of drug-likeness (QED) is 0.609. The fourth-order valence-corrected chi connectivity index (χ4v) is 3.80. The van der Waals surface area contributed by atoms with Crippen LogP contribution in [0.25, 0.3) is 17.3 Å². The van der Waals surface area contributed by atoms with Crippen molar-refractivity contribution in [3.05, 3.63) is 102 Å². The molecule has 27 heavy (non-hydrogen) atoms. The van der Waals surface area contributed by atoms with Crippen molar-refractivity contribution >= 4 is 6.08 Å². The molecule has 5 rings (SSSR count). The first-order valence-corrected chi connectivity index (χ1v) is 8.85. The van der Waals surface area contributed by atoms with Gasteiger partial charge in [0.2, 0.25) is 0 Å². The van der Waals surface area contributed by atoms with Gasteiger partial charge in [-0.3, -0.25) is 20.1 Å². The van der Waals surface area contributed by atoms with Crippen molar-refractivity contribution in [2.75, 3.05) is 0 Å². The summed E-state index contributed by atoms with van der Waals surface area (Å²) < 4.78 is 0. The fraction of sp³-hybridized carbons (Fsp3) is 0.0909. The highest BCUT2D eigenvalue weighted by atomic mass is 15.1. The van der Waals surface area contributed by atoms with E-state index in [0.29, 0.717) is 0 Å². The summed E-state index contributed by atoms with van der Waals surface area (Å²) in [6.45, 7) is 0. The molecule has 0 unspecified atom stereocenters. The van der Waals surface area contributed by atoms with Gasteiger partial charge in [-0.1, -0.05) is 24.3 Å². The Morgan fingerprint density at radius 1 is 0.815 bits per heavy atom. The van der Waals surface area contributed by atoms with Crippen LogP contribution in [0.2, 0.25) is 0 Å².